The van der Waals surface area contributed by atoms with Crippen LogP contribution >= 0.6 is 0 Å². The molecule has 2 unspecified atom stereocenters. The zero-order chi connectivity index (χ0) is 56.4. The Morgan fingerprint density at radius 1 is 0.346 bits per heavy atom. The summed E-state index contributed by atoms with van der Waals surface area (Å²) in [6.45, 7) is 4.98. The van der Waals surface area contributed by atoms with E-state index < -0.39 is 12.1 Å². The van der Waals surface area contributed by atoms with Crippen LogP contribution in [0.1, 0.15) is 412 Å². The quantitative estimate of drug-likeness (QED) is 0.0320. The number of esters is 1. The van der Waals surface area contributed by atoms with E-state index in [9.17, 15) is 19.8 Å². The van der Waals surface area contributed by atoms with Gasteiger partial charge >= 0.3 is 5.97 Å². The highest BCUT2D eigenvalue weighted by atomic mass is 16.5. The van der Waals surface area contributed by atoms with Crippen molar-refractivity contribution in [1.82, 2.24) is 5.32 Å². The molecule has 0 aromatic carbocycles. The third kappa shape index (κ3) is 63.8. The molecule has 0 fully saturated rings. The molecule has 0 saturated carbocycles. The van der Waals surface area contributed by atoms with E-state index in [1.165, 1.54) is 334 Å². The van der Waals surface area contributed by atoms with E-state index in [1.54, 1.807) is 0 Å². The topological polar surface area (TPSA) is 95.9 Å². The summed E-state index contributed by atoms with van der Waals surface area (Å²) in [4.78, 5) is 24.6. The van der Waals surface area contributed by atoms with Gasteiger partial charge < -0.3 is 20.3 Å². The van der Waals surface area contributed by atoms with Crippen molar-refractivity contribution in [3.05, 3.63) is 12.2 Å². The highest BCUT2D eigenvalue weighted by Crippen LogP contribution is 2.19. The Kier molecular flexibility index (Phi) is 66.9. The molecular weight excluding hydrogens is 959 g/mol. The third-order valence-electron chi connectivity index (χ3n) is 17.1. The number of aliphatic hydroxyl groups is 2. The van der Waals surface area contributed by atoms with Crippen molar-refractivity contribution in [2.24, 2.45) is 0 Å². The van der Waals surface area contributed by atoms with Gasteiger partial charge in [0.1, 0.15) is 0 Å². The normalized spacial score (nSPS) is 12.5. The lowest BCUT2D eigenvalue weighted by Crippen LogP contribution is -2.45. The second-order valence-corrected chi connectivity index (χ2v) is 24.9. The molecule has 0 radical (unpaired) electrons. The largest absolute Gasteiger partial charge is 0.466 e. The van der Waals surface area contributed by atoms with Gasteiger partial charge in [-0.3, -0.25) is 9.59 Å². The zero-order valence-electron chi connectivity index (χ0n) is 53.2. The van der Waals surface area contributed by atoms with Gasteiger partial charge in [-0.05, 0) is 51.4 Å². The minimum atomic E-state index is -0.665. The fraction of sp³-hybridized carbons (Fsp3) is 0.944. The Hall–Kier alpha value is -1.40. The minimum absolute atomic E-state index is 0.00716. The maximum atomic E-state index is 12.6. The second kappa shape index (κ2) is 68.1. The third-order valence-corrected chi connectivity index (χ3v) is 17.1. The van der Waals surface area contributed by atoms with Crippen molar-refractivity contribution < 1.29 is 24.5 Å². The van der Waals surface area contributed by atoms with Gasteiger partial charge in [0.25, 0.3) is 0 Å². The maximum absolute atomic E-state index is 12.6. The molecule has 0 spiro atoms. The number of carbonyl (C=O) groups is 2. The Balaban J connectivity index is 3.37. The van der Waals surface area contributed by atoms with Crippen molar-refractivity contribution >= 4 is 11.9 Å². The molecule has 3 N–H and O–H groups in total. The lowest BCUT2D eigenvalue weighted by atomic mass is 10.0. The number of nitrogens with one attached hydrogen (secondary N) is 1. The summed E-state index contributed by atoms with van der Waals surface area (Å²) in [5, 5.41) is 23.5. The van der Waals surface area contributed by atoms with Gasteiger partial charge in [0.15, 0.2) is 0 Å². The van der Waals surface area contributed by atoms with Crippen LogP contribution in [0.15, 0.2) is 12.2 Å². The number of rotatable bonds is 68. The molecule has 464 valence electrons. The average Bonchev–Trinajstić information content (AvgIpc) is 3.44. The number of ether oxygens (including phenoxy) is 1. The summed E-state index contributed by atoms with van der Waals surface area (Å²) >= 11 is 0. The first-order chi connectivity index (χ1) is 38.5. The van der Waals surface area contributed by atoms with Gasteiger partial charge in [-0.2, -0.15) is 0 Å². The summed E-state index contributed by atoms with van der Waals surface area (Å²) in [7, 11) is 0. The summed E-state index contributed by atoms with van der Waals surface area (Å²) in [5.74, 6) is -0.0219. The van der Waals surface area contributed by atoms with Crippen LogP contribution in [0.2, 0.25) is 0 Å². The Labute approximate surface area is 489 Å². The van der Waals surface area contributed by atoms with Crippen LogP contribution in [0.4, 0.5) is 0 Å². The lowest BCUT2D eigenvalue weighted by Gasteiger charge is -2.22. The number of hydrogen-bond acceptors (Lipinski definition) is 5. The van der Waals surface area contributed by atoms with Crippen LogP contribution < -0.4 is 5.32 Å². The summed E-state index contributed by atoms with van der Waals surface area (Å²) in [6, 6.07) is -0.542. The van der Waals surface area contributed by atoms with E-state index in [-0.39, 0.29) is 18.5 Å². The van der Waals surface area contributed by atoms with Gasteiger partial charge in [0, 0.05) is 12.8 Å². The number of hydrogen-bond donors (Lipinski definition) is 3. The Morgan fingerprint density at radius 2 is 0.603 bits per heavy atom. The SMILES string of the molecule is CCCCCCC/C=C\CCCCCCCC(=O)OCCCCCCCCCCCCCCCCCCCCCCCCCC(=O)NC(CO)C(O)CCCCCCCCCCCCCCCCCCCCCCCCCC. The fourth-order valence-corrected chi connectivity index (χ4v) is 11.6. The molecular formula is C72H141NO5. The van der Waals surface area contributed by atoms with Crippen molar-refractivity contribution in [1.29, 1.82) is 0 Å². The molecule has 2 atom stereocenters. The van der Waals surface area contributed by atoms with Crippen molar-refractivity contribution in [3.63, 3.8) is 0 Å². The molecule has 6 nitrogen and oxygen atoms in total. The standard InChI is InChI=1S/C72H141NO5/c1-3-5-7-9-11-13-15-17-19-20-21-22-23-25-28-31-34-37-40-44-48-52-56-60-64-70(75)69(68-74)73-71(76)65-61-57-53-49-45-41-38-35-32-29-26-24-27-30-33-36-39-43-47-51-55-59-63-67-78-72(77)66-62-58-54-50-46-42-18-16-14-12-10-8-6-4-2/h16,18,69-70,74-75H,3-15,17,19-68H2,1-2H3,(H,73,76)/b18-16-. The predicted molar refractivity (Wildman–Crippen MR) is 343 cm³/mol. The van der Waals surface area contributed by atoms with Crippen LogP contribution in [0, 0.1) is 0 Å². The predicted octanol–water partition coefficient (Wildman–Crippen LogP) is 23.1. The smallest absolute Gasteiger partial charge is 0.305 e. The first kappa shape index (κ1) is 76.6. The van der Waals surface area contributed by atoms with Gasteiger partial charge in [0.2, 0.25) is 5.91 Å². The lowest BCUT2D eigenvalue weighted by molar-refractivity contribution is -0.143. The van der Waals surface area contributed by atoms with Crippen molar-refractivity contribution in [3.8, 4) is 0 Å². The van der Waals surface area contributed by atoms with Crippen LogP contribution in [0.25, 0.3) is 0 Å². The highest BCUT2D eigenvalue weighted by molar-refractivity contribution is 5.76. The first-order valence-electron chi connectivity index (χ1n) is 35.9. The maximum Gasteiger partial charge on any atom is 0.305 e. The van der Waals surface area contributed by atoms with Gasteiger partial charge in [0.05, 0.1) is 25.4 Å². The van der Waals surface area contributed by atoms with E-state index in [4.69, 9.17) is 4.74 Å². The van der Waals surface area contributed by atoms with Crippen molar-refractivity contribution in [2.45, 2.75) is 424 Å². The molecule has 6 heteroatoms. The monoisotopic (exact) mass is 1100 g/mol. The highest BCUT2D eigenvalue weighted by Gasteiger charge is 2.20. The van der Waals surface area contributed by atoms with Gasteiger partial charge in [-0.1, -0.05) is 360 Å². The van der Waals surface area contributed by atoms with E-state index in [0.29, 0.717) is 25.9 Å². The molecule has 78 heavy (non-hydrogen) atoms. The Morgan fingerprint density at radius 3 is 0.910 bits per heavy atom. The molecule has 1 amide bonds. The second-order valence-electron chi connectivity index (χ2n) is 24.9. The molecule has 0 saturated heterocycles. The number of unbranched alkanes of at least 4 members (excludes halogenated alkanes) is 55. The molecule has 0 rings (SSSR count). The molecule has 0 aromatic rings. The van der Waals surface area contributed by atoms with Crippen LogP contribution in [-0.2, 0) is 14.3 Å². The fourth-order valence-electron chi connectivity index (χ4n) is 11.6. The van der Waals surface area contributed by atoms with E-state index in [0.717, 1.165) is 44.9 Å². The van der Waals surface area contributed by atoms with Gasteiger partial charge in [-0.15, -0.1) is 0 Å². The Bertz CT molecular complexity index is 1180. The average molecular weight is 1100 g/mol. The minimum Gasteiger partial charge on any atom is -0.466 e. The number of carbonyl (C=O) groups excluding carboxylic acids is 2. The number of amides is 1. The number of allylic oxidation sites excluding steroid dienone is 2. The van der Waals surface area contributed by atoms with E-state index >= 15 is 0 Å². The summed E-state index contributed by atoms with van der Waals surface area (Å²) in [6.07, 6.45) is 84.0. The molecule has 0 heterocycles. The molecule has 0 aliphatic carbocycles. The molecule has 0 bridgehead atoms. The van der Waals surface area contributed by atoms with E-state index in [2.05, 4.69) is 31.3 Å². The zero-order valence-corrected chi connectivity index (χ0v) is 53.2. The van der Waals surface area contributed by atoms with Crippen LogP contribution in [0.5, 0.6) is 0 Å². The molecule has 0 aliphatic rings. The molecule has 0 aromatic heterocycles. The number of aliphatic hydroxyl groups excluding tert-OH is 2. The van der Waals surface area contributed by atoms with E-state index in [1.807, 2.05) is 0 Å². The molecule has 0 aliphatic heterocycles. The summed E-state index contributed by atoms with van der Waals surface area (Å²) in [5.41, 5.74) is 0. The first-order valence-corrected chi connectivity index (χ1v) is 35.9. The summed E-state index contributed by atoms with van der Waals surface area (Å²) < 4.78 is 5.49. The van der Waals surface area contributed by atoms with Crippen LogP contribution in [0.3, 0.4) is 0 Å². The van der Waals surface area contributed by atoms with Crippen molar-refractivity contribution in [2.75, 3.05) is 13.2 Å². The van der Waals surface area contributed by atoms with Crippen LogP contribution in [-0.4, -0.2) is 47.4 Å². The van der Waals surface area contributed by atoms with Gasteiger partial charge in [-0.25, -0.2) is 0 Å².